The predicted molar refractivity (Wildman–Crippen MR) is 61.5 cm³/mol. The van der Waals surface area contributed by atoms with Crippen molar-refractivity contribution in [2.24, 2.45) is 0 Å². The summed E-state index contributed by atoms with van der Waals surface area (Å²) in [6.07, 6.45) is 0.695. The summed E-state index contributed by atoms with van der Waals surface area (Å²) >= 11 is 0. The molecule has 2 N–H and O–H groups in total. The molecule has 0 saturated carbocycles. The van der Waals surface area contributed by atoms with Crippen molar-refractivity contribution >= 4 is 11.6 Å². The summed E-state index contributed by atoms with van der Waals surface area (Å²) in [7, 11) is 0. The molecule has 6 nitrogen and oxygen atoms in total. The molecule has 1 aromatic carbocycles. The van der Waals surface area contributed by atoms with Crippen LogP contribution in [0.3, 0.4) is 0 Å². The number of nitro groups is 1. The highest BCUT2D eigenvalue weighted by Gasteiger charge is 2.07. The normalized spacial score (nSPS) is 9.94. The van der Waals surface area contributed by atoms with E-state index in [9.17, 15) is 14.9 Å². The molecule has 0 saturated heterocycles. The molecule has 17 heavy (non-hydrogen) atoms. The zero-order chi connectivity index (χ0) is 12.7. The molecule has 1 aromatic rings. The molecule has 0 aromatic heterocycles. The van der Waals surface area contributed by atoms with Gasteiger partial charge in [-0.25, -0.2) is 0 Å². The Morgan fingerprint density at radius 3 is 2.88 bits per heavy atom. The Hall–Kier alpha value is -1.95. The quantitative estimate of drug-likeness (QED) is 0.561. The zero-order valence-corrected chi connectivity index (χ0v) is 9.26. The van der Waals surface area contributed by atoms with Gasteiger partial charge in [-0.05, 0) is 12.0 Å². The molecule has 0 bridgehead atoms. The van der Waals surface area contributed by atoms with Gasteiger partial charge in [-0.2, -0.15) is 0 Å². The Morgan fingerprint density at radius 2 is 2.24 bits per heavy atom. The van der Waals surface area contributed by atoms with Crippen molar-refractivity contribution in [1.82, 2.24) is 5.32 Å². The van der Waals surface area contributed by atoms with Crippen molar-refractivity contribution in [2.75, 3.05) is 13.2 Å². The number of rotatable bonds is 6. The molecule has 6 heteroatoms. The van der Waals surface area contributed by atoms with Gasteiger partial charge in [-0.1, -0.05) is 12.1 Å². The third kappa shape index (κ3) is 4.60. The Kier molecular flexibility index (Phi) is 5.09. The summed E-state index contributed by atoms with van der Waals surface area (Å²) in [5, 5.41) is 21.6. The van der Waals surface area contributed by atoms with Gasteiger partial charge in [-0.3, -0.25) is 14.9 Å². The molecule has 0 atom stereocenters. The number of nitro benzene ring substituents is 1. The van der Waals surface area contributed by atoms with Crippen molar-refractivity contribution < 1.29 is 14.8 Å². The van der Waals surface area contributed by atoms with E-state index in [0.29, 0.717) is 6.42 Å². The minimum Gasteiger partial charge on any atom is -0.395 e. The summed E-state index contributed by atoms with van der Waals surface area (Å²) in [6, 6.07) is 6.21. The highest BCUT2D eigenvalue weighted by atomic mass is 16.6. The molecule has 1 rings (SSSR count). The van der Waals surface area contributed by atoms with Crippen LogP contribution in [0.1, 0.15) is 12.0 Å². The van der Waals surface area contributed by atoms with Crippen LogP contribution >= 0.6 is 0 Å². The van der Waals surface area contributed by atoms with Gasteiger partial charge in [-0.15, -0.1) is 0 Å². The number of aliphatic hydroxyl groups is 1. The first-order chi connectivity index (χ1) is 8.13. The van der Waals surface area contributed by atoms with Gasteiger partial charge < -0.3 is 10.4 Å². The van der Waals surface area contributed by atoms with Crippen LogP contribution in [0.5, 0.6) is 0 Å². The van der Waals surface area contributed by atoms with E-state index in [1.807, 2.05) is 0 Å². The van der Waals surface area contributed by atoms with E-state index in [-0.39, 0.29) is 31.2 Å². The minimum absolute atomic E-state index is 0.0262. The van der Waals surface area contributed by atoms with Gasteiger partial charge in [0.2, 0.25) is 5.91 Å². The number of carbonyl (C=O) groups excluding carboxylic acids is 1. The number of hydrogen-bond donors (Lipinski definition) is 2. The lowest BCUT2D eigenvalue weighted by molar-refractivity contribution is -0.384. The van der Waals surface area contributed by atoms with Gasteiger partial charge in [0.1, 0.15) is 0 Å². The van der Waals surface area contributed by atoms with E-state index in [4.69, 9.17) is 5.11 Å². The maximum atomic E-state index is 11.2. The molecule has 0 heterocycles. The highest BCUT2D eigenvalue weighted by Crippen LogP contribution is 2.14. The van der Waals surface area contributed by atoms with E-state index in [0.717, 1.165) is 5.56 Å². The first kappa shape index (κ1) is 13.1. The van der Waals surface area contributed by atoms with Gasteiger partial charge in [0, 0.05) is 25.1 Å². The smallest absolute Gasteiger partial charge is 0.269 e. The van der Waals surface area contributed by atoms with E-state index in [2.05, 4.69) is 5.32 Å². The number of aliphatic hydroxyl groups excluding tert-OH is 1. The molecule has 0 unspecified atom stereocenters. The summed E-state index contributed by atoms with van der Waals surface area (Å²) < 4.78 is 0. The number of hydrogen-bond acceptors (Lipinski definition) is 4. The summed E-state index contributed by atoms with van der Waals surface area (Å²) in [4.78, 5) is 21.3. The second-order valence-electron chi connectivity index (χ2n) is 3.50. The van der Waals surface area contributed by atoms with Crippen LogP contribution in [0, 0.1) is 10.1 Å². The SMILES string of the molecule is O=C(CCc1cccc([N+](=O)[O-])c1)NCCO. The van der Waals surface area contributed by atoms with Crippen LogP contribution < -0.4 is 5.32 Å². The van der Waals surface area contributed by atoms with Crippen LogP contribution in [0.4, 0.5) is 5.69 Å². The molecular weight excluding hydrogens is 224 g/mol. The number of carbonyl (C=O) groups is 1. The van der Waals surface area contributed by atoms with Crippen LogP contribution in [-0.4, -0.2) is 29.1 Å². The maximum absolute atomic E-state index is 11.2. The van der Waals surface area contributed by atoms with Gasteiger partial charge in [0.05, 0.1) is 11.5 Å². The highest BCUT2D eigenvalue weighted by molar-refractivity contribution is 5.76. The van der Waals surface area contributed by atoms with Crippen LogP contribution in [0.25, 0.3) is 0 Å². The fourth-order valence-corrected chi connectivity index (χ4v) is 1.37. The standard InChI is InChI=1S/C11H14N2O4/c14-7-6-12-11(15)5-4-9-2-1-3-10(8-9)13(16)17/h1-3,8,14H,4-7H2,(H,12,15). The first-order valence-electron chi connectivity index (χ1n) is 5.24. The van der Waals surface area contributed by atoms with Crippen molar-refractivity contribution in [3.8, 4) is 0 Å². The average molecular weight is 238 g/mol. The molecule has 0 aliphatic heterocycles. The van der Waals surface area contributed by atoms with Crippen molar-refractivity contribution in [3.63, 3.8) is 0 Å². The molecular formula is C11H14N2O4. The number of amides is 1. The van der Waals surface area contributed by atoms with Crippen LogP contribution in [-0.2, 0) is 11.2 Å². The summed E-state index contributed by atoms with van der Waals surface area (Å²) in [5.74, 6) is -0.175. The van der Waals surface area contributed by atoms with Gasteiger partial charge in [0.25, 0.3) is 5.69 Å². The summed E-state index contributed by atoms with van der Waals surface area (Å²) in [6.45, 7) is 0.135. The number of nitrogens with one attached hydrogen (secondary N) is 1. The Morgan fingerprint density at radius 1 is 1.47 bits per heavy atom. The predicted octanol–water partition coefficient (Wildman–Crippen LogP) is 0.636. The Bertz CT molecular complexity index is 406. The molecule has 92 valence electrons. The second-order valence-corrected chi connectivity index (χ2v) is 3.50. The van der Waals surface area contributed by atoms with E-state index < -0.39 is 4.92 Å². The van der Waals surface area contributed by atoms with Crippen molar-refractivity contribution in [1.29, 1.82) is 0 Å². The van der Waals surface area contributed by atoms with E-state index >= 15 is 0 Å². The Balaban J connectivity index is 2.49. The molecule has 0 aliphatic rings. The monoisotopic (exact) mass is 238 g/mol. The second kappa shape index (κ2) is 6.59. The fourth-order valence-electron chi connectivity index (χ4n) is 1.37. The molecule has 0 radical (unpaired) electrons. The van der Waals surface area contributed by atoms with Crippen molar-refractivity contribution in [2.45, 2.75) is 12.8 Å². The van der Waals surface area contributed by atoms with Crippen LogP contribution in [0.2, 0.25) is 0 Å². The fraction of sp³-hybridized carbons (Fsp3) is 0.364. The largest absolute Gasteiger partial charge is 0.395 e. The lowest BCUT2D eigenvalue weighted by Gasteiger charge is -2.03. The number of aryl methyl sites for hydroxylation is 1. The lowest BCUT2D eigenvalue weighted by Crippen LogP contribution is -2.26. The maximum Gasteiger partial charge on any atom is 0.269 e. The number of benzene rings is 1. The first-order valence-corrected chi connectivity index (χ1v) is 5.24. The third-order valence-corrected chi connectivity index (χ3v) is 2.20. The van der Waals surface area contributed by atoms with Gasteiger partial charge in [0.15, 0.2) is 0 Å². The topological polar surface area (TPSA) is 92.5 Å². The lowest BCUT2D eigenvalue weighted by atomic mass is 10.1. The van der Waals surface area contributed by atoms with Gasteiger partial charge >= 0.3 is 0 Å². The molecule has 1 amide bonds. The third-order valence-electron chi connectivity index (χ3n) is 2.20. The van der Waals surface area contributed by atoms with E-state index in [1.54, 1.807) is 12.1 Å². The number of non-ortho nitro benzene ring substituents is 1. The van der Waals surface area contributed by atoms with E-state index in [1.165, 1.54) is 12.1 Å². The molecule has 0 aliphatic carbocycles. The number of nitrogens with zero attached hydrogens (tertiary/aromatic N) is 1. The Labute approximate surface area is 98.4 Å². The molecule has 0 spiro atoms. The van der Waals surface area contributed by atoms with Crippen LogP contribution in [0.15, 0.2) is 24.3 Å². The minimum atomic E-state index is -0.463. The zero-order valence-electron chi connectivity index (χ0n) is 9.26. The average Bonchev–Trinajstić information content (AvgIpc) is 2.34. The summed E-state index contributed by atoms with van der Waals surface area (Å²) in [5.41, 5.74) is 0.775. The van der Waals surface area contributed by atoms with Crippen molar-refractivity contribution in [3.05, 3.63) is 39.9 Å². The molecule has 0 fully saturated rings.